The van der Waals surface area contributed by atoms with Crippen molar-refractivity contribution in [3.8, 4) is 0 Å². The Morgan fingerprint density at radius 1 is 1.44 bits per heavy atom. The van der Waals surface area contributed by atoms with E-state index in [9.17, 15) is 9.90 Å². The summed E-state index contributed by atoms with van der Waals surface area (Å²) in [4.78, 5) is 11.7. The summed E-state index contributed by atoms with van der Waals surface area (Å²) in [5, 5.41) is 10.8. The fourth-order valence-electron chi connectivity index (χ4n) is 3.77. The van der Waals surface area contributed by atoms with E-state index in [4.69, 9.17) is 4.74 Å². The van der Waals surface area contributed by atoms with Crippen molar-refractivity contribution in [2.45, 2.75) is 45.3 Å². The van der Waals surface area contributed by atoms with Gasteiger partial charge in [0, 0.05) is 5.92 Å². The summed E-state index contributed by atoms with van der Waals surface area (Å²) in [6.45, 7) is 6.48. The SMILES string of the molecule is CC1C=C2C(=O)OC3CCC(C1(C)C)C23O. The van der Waals surface area contributed by atoms with E-state index < -0.39 is 5.60 Å². The molecule has 3 nitrogen and oxygen atoms in total. The number of esters is 1. The van der Waals surface area contributed by atoms with Crippen LogP contribution in [0.5, 0.6) is 0 Å². The van der Waals surface area contributed by atoms with Gasteiger partial charge in [0.2, 0.25) is 0 Å². The van der Waals surface area contributed by atoms with Gasteiger partial charge in [-0.2, -0.15) is 0 Å². The molecule has 0 aromatic carbocycles. The van der Waals surface area contributed by atoms with Gasteiger partial charge >= 0.3 is 5.97 Å². The van der Waals surface area contributed by atoms with Gasteiger partial charge in [-0.1, -0.05) is 26.8 Å². The molecule has 0 radical (unpaired) electrons. The first kappa shape index (κ1) is 10.3. The molecule has 4 atom stereocenters. The van der Waals surface area contributed by atoms with Crippen LogP contribution in [0.15, 0.2) is 11.6 Å². The molecule has 1 saturated heterocycles. The molecule has 3 rings (SSSR count). The molecule has 88 valence electrons. The summed E-state index contributed by atoms with van der Waals surface area (Å²) in [7, 11) is 0. The lowest BCUT2D eigenvalue weighted by Gasteiger charge is -2.46. The average Bonchev–Trinajstić information content (AvgIpc) is 2.62. The first-order chi connectivity index (χ1) is 7.38. The van der Waals surface area contributed by atoms with Crippen molar-refractivity contribution >= 4 is 5.97 Å². The highest BCUT2D eigenvalue weighted by molar-refractivity contribution is 5.94. The van der Waals surface area contributed by atoms with E-state index in [1.807, 2.05) is 6.08 Å². The zero-order valence-electron chi connectivity index (χ0n) is 9.99. The largest absolute Gasteiger partial charge is 0.455 e. The van der Waals surface area contributed by atoms with Crippen molar-refractivity contribution in [1.82, 2.24) is 0 Å². The molecule has 1 aliphatic heterocycles. The topological polar surface area (TPSA) is 46.5 Å². The van der Waals surface area contributed by atoms with E-state index in [0.29, 0.717) is 11.5 Å². The van der Waals surface area contributed by atoms with Crippen LogP contribution in [-0.2, 0) is 9.53 Å². The second-order valence-corrected chi connectivity index (χ2v) is 6.04. The Morgan fingerprint density at radius 2 is 2.12 bits per heavy atom. The molecule has 0 bridgehead atoms. The van der Waals surface area contributed by atoms with Crippen molar-refractivity contribution in [3.63, 3.8) is 0 Å². The second kappa shape index (κ2) is 2.70. The third-order valence-electron chi connectivity index (χ3n) is 5.13. The highest BCUT2D eigenvalue weighted by Gasteiger charge is 2.66. The van der Waals surface area contributed by atoms with Crippen molar-refractivity contribution in [2.24, 2.45) is 17.3 Å². The molecule has 0 amide bonds. The summed E-state index contributed by atoms with van der Waals surface area (Å²) in [6.07, 6.45) is 3.36. The standard InChI is InChI=1S/C13H18O3/c1-7-6-8-11(14)16-10-5-4-9(12(7,2)3)13(8,10)15/h6-7,9-10,15H,4-5H2,1-3H3. The van der Waals surface area contributed by atoms with E-state index in [2.05, 4.69) is 20.8 Å². The predicted molar refractivity (Wildman–Crippen MR) is 58.6 cm³/mol. The Bertz CT molecular complexity index is 396. The van der Waals surface area contributed by atoms with E-state index in [1.54, 1.807) is 0 Å². The zero-order valence-corrected chi connectivity index (χ0v) is 9.99. The lowest BCUT2D eigenvalue weighted by Crippen LogP contribution is -2.51. The number of allylic oxidation sites excluding steroid dienone is 1. The molecule has 0 aromatic rings. The maximum Gasteiger partial charge on any atom is 0.337 e. The molecule has 4 unspecified atom stereocenters. The Hall–Kier alpha value is -0.830. The van der Waals surface area contributed by atoms with E-state index in [0.717, 1.165) is 12.8 Å². The Balaban J connectivity index is 2.20. The van der Waals surface area contributed by atoms with Gasteiger partial charge in [0.15, 0.2) is 0 Å². The van der Waals surface area contributed by atoms with Gasteiger partial charge in [-0.3, -0.25) is 0 Å². The maximum absolute atomic E-state index is 11.7. The number of rotatable bonds is 0. The highest BCUT2D eigenvalue weighted by atomic mass is 16.6. The number of hydrogen-bond acceptors (Lipinski definition) is 3. The van der Waals surface area contributed by atoms with Crippen LogP contribution < -0.4 is 0 Å². The first-order valence-corrected chi connectivity index (χ1v) is 6.04. The molecule has 1 heterocycles. The second-order valence-electron chi connectivity index (χ2n) is 6.04. The minimum absolute atomic E-state index is 0.0288. The zero-order chi connectivity index (χ0) is 11.7. The van der Waals surface area contributed by atoms with Gasteiger partial charge in [0.05, 0.1) is 5.57 Å². The summed E-state index contributed by atoms with van der Waals surface area (Å²) in [5.41, 5.74) is -0.458. The van der Waals surface area contributed by atoms with E-state index in [1.165, 1.54) is 0 Å². The fraction of sp³-hybridized carbons (Fsp3) is 0.769. The molecule has 3 aliphatic rings. The monoisotopic (exact) mass is 222 g/mol. The van der Waals surface area contributed by atoms with Crippen LogP contribution in [0, 0.1) is 17.3 Å². The molecular weight excluding hydrogens is 204 g/mol. The normalized spacial score (nSPS) is 48.6. The van der Waals surface area contributed by atoms with Gasteiger partial charge in [0.1, 0.15) is 11.7 Å². The van der Waals surface area contributed by atoms with E-state index in [-0.39, 0.29) is 23.4 Å². The van der Waals surface area contributed by atoms with Gasteiger partial charge in [-0.15, -0.1) is 0 Å². The molecule has 2 aliphatic carbocycles. The van der Waals surface area contributed by atoms with Crippen molar-refractivity contribution in [1.29, 1.82) is 0 Å². The molecule has 0 aromatic heterocycles. The van der Waals surface area contributed by atoms with Crippen LogP contribution in [0.2, 0.25) is 0 Å². The summed E-state index contributed by atoms with van der Waals surface area (Å²) in [6, 6.07) is 0. The lowest BCUT2D eigenvalue weighted by molar-refractivity contribution is -0.140. The van der Waals surface area contributed by atoms with Crippen LogP contribution in [0.4, 0.5) is 0 Å². The number of ether oxygens (including phenoxy) is 1. The van der Waals surface area contributed by atoms with Crippen molar-refractivity contribution < 1.29 is 14.6 Å². The molecule has 2 fully saturated rings. The van der Waals surface area contributed by atoms with E-state index >= 15 is 0 Å². The number of hydrogen-bond donors (Lipinski definition) is 1. The van der Waals surface area contributed by atoms with Crippen molar-refractivity contribution in [2.75, 3.05) is 0 Å². The average molecular weight is 222 g/mol. The van der Waals surface area contributed by atoms with Crippen LogP contribution in [0.25, 0.3) is 0 Å². The molecule has 16 heavy (non-hydrogen) atoms. The maximum atomic E-state index is 11.7. The van der Waals surface area contributed by atoms with Gasteiger partial charge < -0.3 is 9.84 Å². The number of aliphatic hydroxyl groups is 1. The van der Waals surface area contributed by atoms with Crippen LogP contribution in [0.1, 0.15) is 33.6 Å². The fourth-order valence-corrected chi connectivity index (χ4v) is 3.77. The molecule has 1 N–H and O–H groups in total. The lowest BCUT2D eigenvalue weighted by atomic mass is 9.59. The smallest absolute Gasteiger partial charge is 0.337 e. The third kappa shape index (κ3) is 0.915. The first-order valence-electron chi connectivity index (χ1n) is 6.04. The summed E-state index contributed by atoms with van der Waals surface area (Å²) >= 11 is 0. The summed E-state index contributed by atoms with van der Waals surface area (Å²) in [5.74, 6) is 0.142. The highest BCUT2D eigenvalue weighted by Crippen LogP contribution is 2.59. The minimum Gasteiger partial charge on any atom is -0.455 e. The molecular formula is C13H18O3. The van der Waals surface area contributed by atoms with Gasteiger partial charge in [0.25, 0.3) is 0 Å². The van der Waals surface area contributed by atoms with Crippen LogP contribution in [-0.4, -0.2) is 22.8 Å². The Kier molecular flexibility index (Phi) is 1.74. The Morgan fingerprint density at radius 3 is 2.81 bits per heavy atom. The van der Waals surface area contributed by atoms with Crippen LogP contribution in [0.3, 0.4) is 0 Å². The minimum atomic E-state index is -1.01. The number of carbonyl (C=O) groups is 1. The van der Waals surface area contributed by atoms with Crippen molar-refractivity contribution in [3.05, 3.63) is 11.6 Å². The third-order valence-corrected chi connectivity index (χ3v) is 5.13. The molecule has 1 saturated carbocycles. The number of carbonyl (C=O) groups excluding carboxylic acids is 1. The van der Waals surface area contributed by atoms with Crippen LogP contribution >= 0.6 is 0 Å². The van der Waals surface area contributed by atoms with Gasteiger partial charge in [-0.05, 0) is 24.2 Å². The predicted octanol–water partition coefficient (Wildman–Crippen LogP) is 1.66. The molecule has 0 spiro atoms. The quantitative estimate of drug-likeness (QED) is 0.634. The van der Waals surface area contributed by atoms with Gasteiger partial charge in [-0.25, -0.2) is 4.79 Å². The Labute approximate surface area is 95.5 Å². The molecule has 3 heteroatoms. The summed E-state index contributed by atoms with van der Waals surface area (Å²) < 4.78 is 5.29.